The first-order valence-electron chi connectivity index (χ1n) is 5.51. The third-order valence-electron chi connectivity index (χ3n) is 3.07. The van der Waals surface area contributed by atoms with Crippen LogP contribution in [0.1, 0.15) is 0 Å². The Labute approximate surface area is 109 Å². The Morgan fingerprint density at radius 3 is 2.59 bits per heavy atom. The van der Waals surface area contributed by atoms with E-state index < -0.39 is 6.04 Å². The number of benzene rings is 1. The van der Waals surface area contributed by atoms with Crippen molar-refractivity contribution in [3.8, 4) is 0 Å². The summed E-state index contributed by atoms with van der Waals surface area (Å²) in [7, 11) is 1.86. The highest BCUT2D eigenvalue weighted by molar-refractivity contribution is 9.10. The van der Waals surface area contributed by atoms with Crippen molar-refractivity contribution in [1.82, 2.24) is 4.90 Å². The summed E-state index contributed by atoms with van der Waals surface area (Å²) in [6.07, 6.45) is 0. The normalized spacial score (nSPS) is 21.9. The Balaban J connectivity index is 2.22. The second-order valence-corrected chi connectivity index (χ2v) is 5.06. The van der Waals surface area contributed by atoms with Gasteiger partial charge in [-0.2, -0.15) is 0 Å². The molecule has 17 heavy (non-hydrogen) atoms. The maximum atomic E-state index is 12.2. The van der Waals surface area contributed by atoms with E-state index in [2.05, 4.69) is 15.9 Å². The molecule has 0 saturated carbocycles. The largest absolute Gasteiger partial charge is 0.394 e. The molecule has 0 radical (unpaired) electrons. The van der Waals surface area contributed by atoms with Crippen LogP contribution in [0, 0.1) is 0 Å². The summed E-state index contributed by atoms with van der Waals surface area (Å²) in [6, 6.07) is 7.21. The monoisotopic (exact) mass is 298 g/mol. The van der Waals surface area contributed by atoms with Crippen LogP contribution in [0.15, 0.2) is 28.7 Å². The number of rotatable bonds is 2. The third-order valence-corrected chi connectivity index (χ3v) is 3.60. The molecule has 0 bridgehead atoms. The Kier molecular flexibility index (Phi) is 3.81. The van der Waals surface area contributed by atoms with Crippen LogP contribution in [-0.2, 0) is 4.79 Å². The minimum Gasteiger partial charge on any atom is -0.394 e. The number of aliphatic hydroxyl groups excluding tert-OH is 1. The molecule has 0 spiro atoms. The van der Waals surface area contributed by atoms with Crippen molar-refractivity contribution in [2.24, 2.45) is 0 Å². The molecule has 1 N–H and O–H groups in total. The SMILES string of the molecule is CN1CCN(c2ccc(Br)cc2)C(=O)C1CO. The van der Waals surface area contributed by atoms with E-state index in [-0.39, 0.29) is 12.5 Å². The molecule has 1 aromatic rings. The topological polar surface area (TPSA) is 43.8 Å². The predicted octanol–water partition coefficient (Wildman–Crippen LogP) is 1.09. The van der Waals surface area contributed by atoms with Crippen molar-refractivity contribution >= 4 is 27.5 Å². The number of aliphatic hydroxyl groups is 1. The molecule has 1 saturated heterocycles. The van der Waals surface area contributed by atoms with Gasteiger partial charge in [-0.05, 0) is 31.3 Å². The first-order chi connectivity index (χ1) is 8.13. The minimum atomic E-state index is -0.424. The Morgan fingerprint density at radius 1 is 1.35 bits per heavy atom. The van der Waals surface area contributed by atoms with Gasteiger partial charge in [0.15, 0.2) is 0 Å². The first kappa shape index (κ1) is 12.5. The summed E-state index contributed by atoms with van der Waals surface area (Å²) >= 11 is 3.37. The van der Waals surface area contributed by atoms with Crippen LogP contribution in [0.2, 0.25) is 0 Å². The van der Waals surface area contributed by atoms with Crippen LogP contribution >= 0.6 is 15.9 Å². The standard InChI is InChI=1S/C12H15BrN2O2/c1-14-6-7-15(12(17)11(14)8-16)10-4-2-9(13)3-5-10/h2-5,11,16H,6-8H2,1H3. The number of hydrogen-bond acceptors (Lipinski definition) is 3. The summed E-state index contributed by atoms with van der Waals surface area (Å²) in [4.78, 5) is 15.8. The van der Waals surface area contributed by atoms with Crippen molar-refractivity contribution in [3.05, 3.63) is 28.7 Å². The van der Waals surface area contributed by atoms with E-state index in [0.717, 1.165) is 16.7 Å². The number of nitrogens with zero attached hydrogens (tertiary/aromatic N) is 2. The molecule has 0 aromatic heterocycles. The van der Waals surface area contributed by atoms with Crippen molar-refractivity contribution in [1.29, 1.82) is 0 Å². The second-order valence-electron chi connectivity index (χ2n) is 4.15. The van der Waals surface area contributed by atoms with Crippen molar-refractivity contribution in [2.75, 3.05) is 31.6 Å². The number of piperazine rings is 1. The fourth-order valence-electron chi connectivity index (χ4n) is 1.99. The van der Waals surface area contributed by atoms with E-state index in [4.69, 9.17) is 0 Å². The zero-order valence-electron chi connectivity index (χ0n) is 9.64. The summed E-state index contributed by atoms with van der Waals surface area (Å²) in [5.41, 5.74) is 0.879. The first-order valence-corrected chi connectivity index (χ1v) is 6.31. The Bertz CT molecular complexity index is 407. The van der Waals surface area contributed by atoms with Crippen LogP contribution in [0.4, 0.5) is 5.69 Å². The Morgan fingerprint density at radius 2 is 2.00 bits per heavy atom. The average Bonchev–Trinajstić information content (AvgIpc) is 2.31. The molecule has 1 unspecified atom stereocenters. The van der Waals surface area contributed by atoms with Gasteiger partial charge in [0, 0.05) is 23.2 Å². The van der Waals surface area contributed by atoms with Crippen molar-refractivity contribution in [3.63, 3.8) is 0 Å². The molecule has 92 valence electrons. The van der Waals surface area contributed by atoms with Crippen LogP contribution < -0.4 is 4.90 Å². The average molecular weight is 299 g/mol. The lowest BCUT2D eigenvalue weighted by Gasteiger charge is -2.37. The molecule has 1 aliphatic rings. The molecule has 4 nitrogen and oxygen atoms in total. The molecule has 1 fully saturated rings. The van der Waals surface area contributed by atoms with Gasteiger partial charge in [0.1, 0.15) is 6.04 Å². The quantitative estimate of drug-likeness (QED) is 0.889. The van der Waals surface area contributed by atoms with Crippen LogP contribution in [0.3, 0.4) is 0 Å². The van der Waals surface area contributed by atoms with Crippen molar-refractivity contribution < 1.29 is 9.90 Å². The van der Waals surface area contributed by atoms with Gasteiger partial charge < -0.3 is 10.0 Å². The van der Waals surface area contributed by atoms with Crippen LogP contribution in [0.5, 0.6) is 0 Å². The highest BCUT2D eigenvalue weighted by Gasteiger charge is 2.32. The van der Waals surface area contributed by atoms with E-state index in [1.165, 1.54) is 0 Å². The lowest BCUT2D eigenvalue weighted by molar-refractivity contribution is -0.126. The van der Waals surface area contributed by atoms with Gasteiger partial charge in [0.2, 0.25) is 5.91 Å². The lowest BCUT2D eigenvalue weighted by Crippen LogP contribution is -2.57. The fraction of sp³-hybridized carbons (Fsp3) is 0.417. The minimum absolute atomic E-state index is 0.0384. The number of carbonyl (C=O) groups excluding carboxylic acids is 1. The maximum Gasteiger partial charge on any atom is 0.246 e. The van der Waals surface area contributed by atoms with E-state index in [1.807, 2.05) is 36.2 Å². The Hall–Kier alpha value is -0.910. The van der Waals surface area contributed by atoms with E-state index in [0.29, 0.717) is 6.54 Å². The molecule has 0 aliphatic carbocycles. The van der Waals surface area contributed by atoms with Gasteiger partial charge in [-0.25, -0.2) is 0 Å². The van der Waals surface area contributed by atoms with Gasteiger partial charge in [-0.1, -0.05) is 15.9 Å². The van der Waals surface area contributed by atoms with E-state index >= 15 is 0 Å². The van der Waals surface area contributed by atoms with Crippen LogP contribution in [0.25, 0.3) is 0 Å². The molecule has 1 atom stereocenters. The summed E-state index contributed by atoms with van der Waals surface area (Å²) in [5.74, 6) is -0.0384. The van der Waals surface area contributed by atoms with Gasteiger partial charge in [-0.15, -0.1) is 0 Å². The number of hydrogen-bond donors (Lipinski definition) is 1. The van der Waals surface area contributed by atoms with Gasteiger partial charge in [0.05, 0.1) is 6.61 Å². The molecule has 1 heterocycles. The molecule has 1 aliphatic heterocycles. The van der Waals surface area contributed by atoms with Crippen LogP contribution in [-0.4, -0.2) is 48.7 Å². The lowest BCUT2D eigenvalue weighted by atomic mass is 10.1. The molecular weight excluding hydrogens is 284 g/mol. The van der Waals surface area contributed by atoms with Gasteiger partial charge in [-0.3, -0.25) is 9.69 Å². The molecule has 1 amide bonds. The molecule has 1 aromatic carbocycles. The fourth-order valence-corrected chi connectivity index (χ4v) is 2.25. The van der Waals surface area contributed by atoms with E-state index in [1.54, 1.807) is 4.90 Å². The summed E-state index contributed by atoms with van der Waals surface area (Å²) < 4.78 is 0.988. The zero-order valence-corrected chi connectivity index (χ0v) is 11.2. The number of anilines is 1. The van der Waals surface area contributed by atoms with Gasteiger partial charge in [0.25, 0.3) is 0 Å². The van der Waals surface area contributed by atoms with Gasteiger partial charge >= 0.3 is 0 Å². The molecule has 5 heteroatoms. The number of likely N-dealkylation sites (N-methyl/N-ethyl adjacent to an activating group) is 1. The number of halogens is 1. The summed E-state index contributed by atoms with van der Waals surface area (Å²) in [6.45, 7) is 1.29. The second kappa shape index (κ2) is 5.16. The van der Waals surface area contributed by atoms with Crippen molar-refractivity contribution in [2.45, 2.75) is 6.04 Å². The zero-order chi connectivity index (χ0) is 12.4. The number of carbonyl (C=O) groups is 1. The highest BCUT2D eigenvalue weighted by atomic mass is 79.9. The highest BCUT2D eigenvalue weighted by Crippen LogP contribution is 2.21. The van der Waals surface area contributed by atoms with E-state index in [9.17, 15) is 9.90 Å². The molecular formula is C12H15BrN2O2. The predicted molar refractivity (Wildman–Crippen MR) is 70.0 cm³/mol. The maximum absolute atomic E-state index is 12.2. The smallest absolute Gasteiger partial charge is 0.246 e. The molecule has 2 rings (SSSR count). The third kappa shape index (κ3) is 2.51. The number of amides is 1. The summed E-state index contributed by atoms with van der Waals surface area (Å²) in [5, 5.41) is 9.24.